The average molecular weight is 419 g/mol. The molecule has 31 heavy (non-hydrogen) atoms. The highest BCUT2D eigenvalue weighted by Crippen LogP contribution is 2.42. The first-order valence-electron chi connectivity index (χ1n) is 11.4. The molecule has 1 amide bonds. The number of carbonyl (C=O) groups is 1. The molecule has 4 atom stereocenters. The number of nitrogens with two attached hydrogens (primary N) is 1. The highest BCUT2D eigenvalue weighted by Gasteiger charge is 2.42. The van der Waals surface area contributed by atoms with Crippen molar-refractivity contribution in [2.45, 2.75) is 50.6 Å². The first-order valence-corrected chi connectivity index (χ1v) is 11.4. The van der Waals surface area contributed by atoms with Crippen LogP contribution in [-0.4, -0.2) is 39.5 Å². The summed E-state index contributed by atoms with van der Waals surface area (Å²) in [5.74, 6) is 0.516. The van der Waals surface area contributed by atoms with E-state index in [9.17, 15) is 9.59 Å². The Morgan fingerprint density at radius 1 is 1.19 bits per heavy atom. The fraction of sp³-hybridized carbons (Fsp3) is 0.440. The second-order valence-electron chi connectivity index (χ2n) is 9.12. The van der Waals surface area contributed by atoms with Gasteiger partial charge in [-0.25, -0.2) is 0 Å². The number of aromatic amines is 1. The minimum absolute atomic E-state index is 0.0157. The number of rotatable bonds is 5. The summed E-state index contributed by atoms with van der Waals surface area (Å²) < 4.78 is 2.01. The molecule has 2 aromatic heterocycles. The van der Waals surface area contributed by atoms with Crippen molar-refractivity contribution >= 4 is 16.8 Å². The molecule has 162 valence electrons. The molecule has 2 aliphatic rings. The lowest BCUT2D eigenvalue weighted by Crippen LogP contribution is -2.54. The Morgan fingerprint density at radius 3 is 2.87 bits per heavy atom. The number of amides is 1. The van der Waals surface area contributed by atoms with Crippen LogP contribution in [0.2, 0.25) is 0 Å². The maximum Gasteiger partial charge on any atom is 0.250 e. The molecule has 6 heteroatoms. The van der Waals surface area contributed by atoms with E-state index < -0.39 is 6.04 Å². The minimum Gasteiger partial charge on any atom is -0.361 e. The Morgan fingerprint density at radius 2 is 2.03 bits per heavy atom. The van der Waals surface area contributed by atoms with E-state index in [0.717, 1.165) is 41.4 Å². The Bertz CT molecular complexity index is 1160. The zero-order valence-corrected chi connectivity index (χ0v) is 18.0. The van der Waals surface area contributed by atoms with Crippen molar-refractivity contribution in [2.75, 3.05) is 13.1 Å². The molecule has 0 saturated carbocycles. The number of para-hydroxylation sites is 1. The summed E-state index contributed by atoms with van der Waals surface area (Å²) in [6.45, 7) is 3.48. The molecular weight excluding hydrogens is 388 g/mol. The van der Waals surface area contributed by atoms with Crippen LogP contribution >= 0.6 is 0 Å². The third-order valence-electron chi connectivity index (χ3n) is 7.13. The maximum absolute atomic E-state index is 13.4. The number of aromatic nitrogens is 2. The van der Waals surface area contributed by atoms with Gasteiger partial charge in [-0.05, 0) is 42.9 Å². The number of H-pyrrole nitrogens is 1. The van der Waals surface area contributed by atoms with E-state index in [1.165, 1.54) is 0 Å². The molecule has 2 aliphatic heterocycles. The maximum atomic E-state index is 13.4. The Kier molecular flexibility index (Phi) is 5.18. The predicted octanol–water partition coefficient (Wildman–Crippen LogP) is 3.19. The van der Waals surface area contributed by atoms with Crippen molar-refractivity contribution in [3.05, 3.63) is 70.3 Å². The molecule has 3 N–H and O–H groups in total. The van der Waals surface area contributed by atoms with Crippen molar-refractivity contribution in [1.82, 2.24) is 14.5 Å². The summed E-state index contributed by atoms with van der Waals surface area (Å²) in [5, 5.41) is 1.12. The number of fused-ring (bicyclic) bond motifs is 5. The predicted molar refractivity (Wildman–Crippen MR) is 122 cm³/mol. The van der Waals surface area contributed by atoms with Gasteiger partial charge < -0.3 is 20.2 Å². The van der Waals surface area contributed by atoms with Crippen LogP contribution in [0.4, 0.5) is 0 Å². The van der Waals surface area contributed by atoms with Crippen LogP contribution in [-0.2, 0) is 11.2 Å². The number of piperidine rings is 1. The van der Waals surface area contributed by atoms with Gasteiger partial charge in [0, 0.05) is 53.9 Å². The van der Waals surface area contributed by atoms with Crippen molar-refractivity contribution in [3.8, 4) is 0 Å². The zero-order chi connectivity index (χ0) is 21.5. The molecule has 6 nitrogen and oxygen atoms in total. The normalized spacial score (nSPS) is 23.5. The summed E-state index contributed by atoms with van der Waals surface area (Å²) in [4.78, 5) is 31.2. The number of nitrogens with one attached hydrogen (secondary N) is 1. The lowest BCUT2D eigenvalue weighted by atomic mass is 9.77. The monoisotopic (exact) mass is 418 g/mol. The van der Waals surface area contributed by atoms with Gasteiger partial charge in [0.2, 0.25) is 5.91 Å². The van der Waals surface area contributed by atoms with Crippen molar-refractivity contribution < 1.29 is 4.79 Å². The van der Waals surface area contributed by atoms with Crippen LogP contribution in [0.3, 0.4) is 0 Å². The summed E-state index contributed by atoms with van der Waals surface area (Å²) in [6.07, 6.45) is 5.49. The number of hydrogen-bond donors (Lipinski definition) is 2. The van der Waals surface area contributed by atoms with E-state index in [2.05, 4.69) is 24.0 Å². The molecule has 4 heterocycles. The molecule has 3 aromatic rings. The van der Waals surface area contributed by atoms with E-state index in [1.807, 2.05) is 39.9 Å². The third-order valence-corrected chi connectivity index (χ3v) is 7.13. The smallest absolute Gasteiger partial charge is 0.250 e. The van der Waals surface area contributed by atoms with Crippen LogP contribution in [0.1, 0.15) is 49.4 Å². The molecule has 0 aliphatic carbocycles. The number of carbonyl (C=O) groups excluding carboxylic acids is 1. The van der Waals surface area contributed by atoms with Gasteiger partial charge in [-0.3, -0.25) is 9.59 Å². The number of benzene rings is 1. The molecule has 1 fully saturated rings. The third kappa shape index (κ3) is 3.49. The largest absolute Gasteiger partial charge is 0.361 e. The lowest BCUT2D eigenvalue weighted by molar-refractivity contribution is -0.135. The first kappa shape index (κ1) is 20.1. The summed E-state index contributed by atoms with van der Waals surface area (Å²) in [6, 6.07) is 13.3. The van der Waals surface area contributed by atoms with Crippen LogP contribution in [0, 0.1) is 5.92 Å². The summed E-state index contributed by atoms with van der Waals surface area (Å²) >= 11 is 0. The van der Waals surface area contributed by atoms with E-state index in [4.69, 9.17) is 5.73 Å². The van der Waals surface area contributed by atoms with Gasteiger partial charge in [0.1, 0.15) is 0 Å². The number of pyridine rings is 1. The van der Waals surface area contributed by atoms with E-state index in [1.54, 1.807) is 6.07 Å². The fourth-order valence-corrected chi connectivity index (χ4v) is 5.75. The topological polar surface area (TPSA) is 84.1 Å². The Labute approximate surface area is 182 Å². The Balaban J connectivity index is 1.38. The highest BCUT2D eigenvalue weighted by molar-refractivity contribution is 5.86. The van der Waals surface area contributed by atoms with Crippen molar-refractivity contribution in [3.63, 3.8) is 0 Å². The summed E-state index contributed by atoms with van der Waals surface area (Å²) in [5.41, 5.74) is 9.73. The zero-order valence-electron chi connectivity index (χ0n) is 18.0. The van der Waals surface area contributed by atoms with Crippen LogP contribution in [0.5, 0.6) is 0 Å². The molecule has 0 spiro atoms. The fourth-order valence-electron chi connectivity index (χ4n) is 5.75. The van der Waals surface area contributed by atoms with Gasteiger partial charge in [0.25, 0.3) is 5.56 Å². The van der Waals surface area contributed by atoms with Crippen LogP contribution in [0.15, 0.2) is 53.5 Å². The number of nitrogens with zero attached hydrogens (tertiary/aromatic N) is 2. The lowest BCUT2D eigenvalue weighted by Gasteiger charge is -2.47. The molecule has 2 bridgehead atoms. The van der Waals surface area contributed by atoms with Crippen LogP contribution < -0.4 is 11.3 Å². The van der Waals surface area contributed by atoms with E-state index in [-0.39, 0.29) is 23.4 Å². The SMILES string of the molecule is CCC[C@H]1[C@H]2C[C@H](CN(C(=O)[C@H](N)Cc3c[nH]c4ccccc34)C2)c2cccc(=O)n21. The minimum atomic E-state index is -0.569. The van der Waals surface area contributed by atoms with Gasteiger partial charge in [-0.2, -0.15) is 0 Å². The highest BCUT2D eigenvalue weighted by atomic mass is 16.2. The first-order chi connectivity index (χ1) is 15.1. The van der Waals surface area contributed by atoms with Gasteiger partial charge in [0.15, 0.2) is 0 Å². The molecule has 0 unspecified atom stereocenters. The van der Waals surface area contributed by atoms with Gasteiger partial charge in [0.05, 0.1) is 6.04 Å². The standard InChI is InChI=1S/C25H30N4O2/c1-2-6-22-17-11-18(23-9-5-10-24(30)29(22)23)15-28(14-17)25(31)20(26)12-16-13-27-21-8-4-3-7-19(16)21/h3-5,7-10,13,17-18,20,22,27H,2,6,11-12,14-15,26H2,1H3/t17-,18+,20+,22-/m0/s1. The van der Waals surface area contributed by atoms with Gasteiger partial charge >= 0.3 is 0 Å². The van der Waals surface area contributed by atoms with E-state index >= 15 is 0 Å². The van der Waals surface area contributed by atoms with Gasteiger partial charge in [-0.1, -0.05) is 37.6 Å². The quantitative estimate of drug-likeness (QED) is 0.667. The molecule has 1 aromatic carbocycles. The molecular formula is C25H30N4O2. The van der Waals surface area contributed by atoms with Crippen molar-refractivity contribution in [1.29, 1.82) is 0 Å². The second kappa shape index (κ2) is 8.00. The average Bonchev–Trinajstić information content (AvgIpc) is 3.19. The summed E-state index contributed by atoms with van der Waals surface area (Å²) in [7, 11) is 0. The van der Waals surface area contributed by atoms with E-state index in [0.29, 0.717) is 25.4 Å². The van der Waals surface area contributed by atoms with Crippen LogP contribution in [0.25, 0.3) is 10.9 Å². The number of likely N-dealkylation sites (tertiary alicyclic amines) is 1. The molecule has 5 rings (SSSR count). The van der Waals surface area contributed by atoms with Gasteiger partial charge in [-0.15, -0.1) is 0 Å². The molecule has 1 saturated heterocycles. The number of hydrogen-bond acceptors (Lipinski definition) is 3. The second-order valence-corrected chi connectivity index (χ2v) is 9.12. The Hall–Kier alpha value is -2.86. The molecule has 0 radical (unpaired) electrons. The van der Waals surface area contributed by atoms with Crippen molar-refractivity contribution in [2.24, 2.45) is 11.7 Å².